The van der Waals surface area contributed by atoms with E-state index in [-0.39, 0.29) is 6.04 Å². The molecular weight excluding hydrogens is 390 g/mol. The third kappa shape index (κ3) is 3.82. The molecule has 0 saturated carbocycles. The van der Waals surface area contributed by atoms with Crippen LogP contribution < -0.4 is 9.46 Å². The Balaban J connectivity index is 2.41. The molecule has 2 rings (SSSR count). The minimum atomic E-state index is -3.64. The van der Waals surface area contributed by atoms with Crippen LogP contribution in [0.5, 0.6) is 5.75 Å². The number of ether oxygens (including phenoxy) is 1. The first kappa shape index (κ1) is 19.0. The van der Waals surface area contributed by atoms with Gasteiger partial charge in [-0.1, -0.05) is 28.1 Å². The molecule has 2 aromatic rings. The smallest absolute Gasteiger partial charge is 0.241 e. The van der Waals surface area contributed by atoms with Crippen molar-refractivity contribution in [3.63, 3.8) is 0 Å². The lowest BCUT2D eigenvalue weighted by Crippen LogP contribution is -2.28. The van der Waals surface area contributed by atoms with Crippen molar-refractivity contribution in [2.75, 3.05) is 7.11 Å². The van der Waals surface area contributed by atoms with Gasteiger partial charge in [0.1, 0.15) is 5.75 Å². The molecule has 1 unspecified atom stereocenters. The van der Waals surface area contributed by atoms with Gasteiger partial charge in [-0.15, -0.1) is 0 Å². The van der Waals surface area contributed by atoms with E-state index in [0.717, 1.165) is 15.6 Å². The summed E-state index contributed by atoms with van der Waals surface area (Å²) in [5.41, 5.74) is 3.12. The van der Waals surface area contributed by atoms with E-state index in [1.54, 1.807) is 20.1 Å². The van der Waals surface area contributed by atoms with Crippen LogP contribution in [0.1, 0.15) is 35.2 Å². The van der Waals surface area contributed by atoms with Gasteiger partial charge in [0.15, 0.2) is 0 Å². The summed E-state index contributed by atoms with van der Waals surface area (Å²) in [6.45, 7) is 7.30. The van der Waals surface area contributed by atoms with Gasteiger partial charge in [0.25, 0.3) is 0 Å². The molecule has 4 nitrogen and oxygen atoms in total. The summed E-state index contributed by atoms with van der Waals surface area (Å²) < 4.78 is 34.9. The lowest BCUT2D eigenvalue weighted by molar-refractivity contribution is 0.410. The van der Waals surface area contributed by atoms with Crippen molar-refractivity contribution in [2.45, 2.75) is 38.6 Å². The van der Waals surface area contributed by atoms with Crippen LogP contribution >= 0.6 is 15.9 Å². The predicted octanol–water partition coefficient (Wildman–Crippen LogP) is 4.42. The summed E-state index contributed by atoms with van der Waals surface area (Å²) in [5.74, 6) is 0.699. The molecule has 0 radical (unpaired) electrons. The van der Waals surface area contributed by atoms with E-state index < -0.39 is 10.0 Å². The standard InChI is InChI=1S/C18H22BrNO3S/c1-11-10-17(23-5)12(2)13(3)18(11)24(21,22)20-14(4)15-6-8-16(19)9-7-15/h6-10,14,20H,1-5H3. The number of hydrogen-bond acceptors (Lipinski definition) is 3. The summed E-state index contributed by atoms with van der Waals surface area (Å²) in [4.78, 5) is 0.324. The average Bonchev–Trinajstić information content (AvgIpc) is 2.50. The summed E-state index contributed by atoms with van der Waals surface area (Å²) in [6, 6.07) is 9.03. The Kier molecular flexibility index (Phi) is 5.73. The first-order valence-corrected chi connectivity index (χ1v) is 9.87. The fourth-order valence-corrected chi connectivity index (χ4v) is 4.78. The summed E-state index contributed by atoms with van der Waals surface area (Å²) >= 11 is 3.38. The van der Waals surface area contributed by atoms with E-state index in [0.29, 0.717) is 21.8 Å². The maximum Gasteiger partial charge on any atom is 0.241 e. The third-order valence-corrected chi connectivity index (χ3v) is 6.53. The van der Waals surface area contributed by atoms with Crippen molar-refractivity contribution in [3.8, 4) is 5.75 Å². The van der Waals surface area contributed by atoms with Crippen molar-refractivity contribution in [1.29, 1.82) is 0 Å². The largest absolute Gasteiger partial charge is 0.496 e. The normalized spacial score (nSPS) is 12.9. The number of aryl methyl sites for hydroxylation is 1. The van der Waals surface area contributed by atoms with Gasteiger partial charge in [0.2, 0.25) is 10.0 Å². The molecule has 130 valence electrons. The lowest BCUT2D eigenvalue weighted by atomic mass is 10.1. The first-order chi connectivity index (χ1) is 11.2. The van der Waals surface area contributed by atoms with Crippen molar-refractivity contribution in [2.24, 2.45) is 0 Å². The number of methoxy groups -OCH3 is 1. The van der Waals surface area contributed by atoms with Crippen molar-refractivity contribution in [1.82, 2.24) is 4.72 Å². The van der Waals surface area contributed by atoms with Gasteiger partial charge < -0.3 is 4.74 Å². The number of nitrogens with one attached hydrogen (secondary N) is 1. The molecule has 2 aromatic carbocycles. The number of benzene rings is 2. The second kappa shape index (κ2) is 7.25. The van der Waals surface area contributed by atoms with Crippen LogP contribution in [0.2, 0.25) is 0 Å². The predicted molar refractivity (Wildman–Crippen MR) is 100 cm³/mol. The maximum atomic E-state index is 12.9. The molecule has 0 spiro atoms. The second-order valence-electron chi connectivity index (χ2n) is 5.87. The minimum Gasteiger partial charge on any atom is -0.496 e. The minimum absolute atomic E-state index is 0.324. The fourth-order valence-electron chi connectivity index (χ4n) is 2.76. The molecule has 0 fully saturated rings. The molecule has 0 aliphatic heterocycles. The monoisotopic (exact) mass is 411 g/mol. The van der Waals surface area contributed by atoms with Gasteiger partial charge in [-0.3, -0.25) is 0 Å². The van der Waals surface area contributed by atoms with Gasteiger partial charge in [-0.2, -0.15) is 0 Å². The maximum absolute atomic E-state index is 12.9. The highest BCUT2D eigenvalue weighted by Gasteiger charge is 2.24. The highest BCUT2D eigenvalue weighted by atomic mass is 79.9. The second-order valence-corrected chi connectivity index (χ2v) is 8.44. The molecule has 6 heteroatoms. The van der Waals surface area contributed by atoms with Crippen LogP contribution in [0.4, 0.5) is 0 Å². The van der Waals surface area contributed by atoms with Crippen LogP contribution in [0.3, 0.4) is 0 Å². The first-order valence-electron chi connectivity index (χ1n) is 7.60. The zero-order valence-corrected chi connectivity index (χ0v) is 16.9. The number of sulfonamides is 1. The molecular formula is C18H22BrNO3S. The van der Waals surface area contributed by atoms with Crippen LogP contribution in [0.25, 0.3) is 0 Å². The molecule has 1 atom stereocenters. The molecule has 0 heterocycles. The molecule has 24 heavy (non-hydrogen) atoms. The van der Waals surface area contributed by atoms with E-state index >= 15 is 0 Å². The lowest BCUT2D eigenvalue weighted by Gasteiger charge is -2.19. The molecule has 0 saturated heterocycles. The molecule has 0 aliphatic carbocycles. The highest BCUT2D eigenvalue weighted by molar-refractivity contribution is 9.10. The SMILES string of the molecule is COc1cc(C)c(S(=O)(=O)NC(C)c2ccc(Br)cc2)c(C)c1C. The summed E-state index contributed by atoms with van der Waals surface area (Å²) in [5, 5.41) is 0. The Hall–Kier alpha value is -1.37. The van der Waals surface area contributed by atoms with Gasteiger partial charge >= 0.3 is 0 Å². The Morgan fingerprint density at radius 1 is 1.08 bits per heavy atom. The quantitative estimate of drug-likeness (QED) is 0.791. The Labute approximate surface area is 152 Å². The van der Waals surface area contributed by atoms with Crippen LogP contribution in [0, 0.1) is 20.8 Å². The van der Waals surface area contributed by atoms with Gasteiger partial charge in [0, 0.05) is 10.5 Å². The molecule has 0 aromatic heterocycles. The zero-order chi connectivity index (χ0) is 18.1. The fraction of sp³-hybridized carbons (Fsp3) is 0.333. The zero-order valence-electron chi connectivity index (χ0n) is 14.5. The molecule has 0 amide bonds. The number of halogens is 1. The highest BCUT2D eigenvalue weighted by Crippen LogP contribution is 2.31. The van der Waals surface area contributed by atoms with Crippen molar-refractivity contribution >= 4 is 26.0 Å². The Bertz CT molecular complexity index is 846. The van der Waals surface area contributed by atoms with E-state index in [1.807, 2.05) is 45.0 Å². The molecule has 0 aliphatic rings. The van der Waals surface area contributed by atoms with Crippen molar-refractivity contribution < 1.29 is 13.2 Å². The number of rotatable bonds is 5. The molecule has 1 N–H and O–H groups in total. The summed E-state index contributed by atoms with van der Waals surface area (Å²) in [7, 11) is -2.06. The van der Waals surface area contributed by atoms with Crippen LogP contribution in [0.15, 0.2) is 39.7 Å². The van der Waals surface area contributed by atoms with Gasteiger partial charge in [-0.05, 0) is 68.1 Å². The van der Waals surface area contributed by atoms with Crippen LogP contribution in [-0.4, -0.2) is 15.5 Å². The topological polar surface area (TPSA) is 55.4 Å². The van der Waals surface area contributed by atoms with Crippen LogP contribution in [-0.2, 0) is 10.0 Å². The van der Waals surface area contributed by atoms with Crippen molar-refractivity contribution in [3.05, 3.63) is 57.1 Å². The number of hydrogen-bond donors (Lipinski definition) is 1. The van der Waals surface area contributed by atoms with E-state index in [9.17, 15) is 8.42 Å². The van der Waals surface area contributed by atoms with Gasteiger partial charge in [-0.25, -0.2) is 13.1 Å². The average molecular weight is 412 g/mol. The summed E-state index contributed by atoms with van der Waals surface area (Å²) in [6.07, 6.45) is 0. The molecule has 0 bridgehead atoms. The Morgan fingerprint density at radius 2 is 1.67 bits per heavy atom. The van der Waals surface area contributed by atoms with Gasteiger partial charge in [0.05, 0.1) is 12.0 Å². The van der Waals surface area contributed by atoms with E-state index in [4.69, 9.17) is 4.74 Å². The van der Waals surface area contributed by atoms with E-state index in [1.165, 1.54) is 0 Å². The third-order valence-electron chi connectivity index (χ3n) is 4.17. The van der Waals surface area contributed by atoms with E-state index in [2.05, 4.69) is 20.7 Å². The Morgan fingerprint density at radius 3 is 2.21 bits per heavy atom.